The maximum Gasteiger partial charge on any atom is 1.00 e. The van der Waals surface area contributed by atoms with E-state index < -0.39 is 16.5 Å². The maximum absolute atomic E-state index is 10.8. The first-order valence-electron chi connectivity index (χ1n) is 8.75. The predicted molar refractivity (Wildman–Crippen MR) is 106 cm³/mol. The summed E-state index contributed by atoms with van der Waals surface area (Å²) in [5.74, 6) is 0.450. The van der Waals surface area contributed by atoms with Gasteiger partial charge >= 0.3 is 29.6 Å². The molecule has 0 radical (unpaired) electrons. The van der Waals surface area contributed by atoms with Gasteiger partial charge in [0.1, 0.15) is 5.75 Å². The Morgan fingerprint density at radius 3 is 2.43 bits per heavy atom. The monoisotopic (exact) mass is 446 g/mol. The molecule has 0 spiro atoms. The van der Waals surface area contributed by atoms with E-state index in [1.54, 1.807) is 7.11 Å². The third kappa shape index (κ3) is 8.60. The Bertz CT molecular complexity index is 923. The largest absolute Gasteiger partial charge is 1.00 e. The van der Waals surface area contributed by atoms with Crippen LogP contribution in [0.25, 0.3) is 0 Å². The normalized spacial score (nSPS) is 12.9. The van der Waals surface area contributed by atoms with Gasteiger partial charge in [-0.05, 0) is 48.7 Å². The maximum atomic E-state index is 10.8. The van der Waals surface area contributed by atoms with Crippen LogP contribution in [0.2, 0.25) is 0 Å². The van der Waals surface area contributed by atoms with Crippen molar-refractivity contribution in [3.63, 3.8) is 0 Å². The molecule has 1 amide bonds. The van der Waals surface area contributed by atoms with Gasteiger partial charge in [0.05, 0.1) is 18.9 Å². The van der Waals surface area contributed by atoms with Gasteiger partial charge in [0, 0.05) is 12.6 Å². The molecule has 0 bridgehead atoms. The van der Waals surface area contributed by atoms with Crippen LogP contribution in [-0.2, 0) is 21.6 Å². The van der Waals surface area contributed by atoms with Crippen molar-refractivity contribution in [2.75, 3.05) is 19.0 Å². The molecule has 0 heterocycles. The van der Waals surface area contributed by atoms with E-state index in [0.29, 0.717) is 12.0 Å². The van der Waals surface area contributed by atoms with Gasteiger partial charge in [-0.2, -0.15) is 0 Å². The number of aliphatic hydroxyl groups is 1. The van der Waals surface area contributed by atoms with Crippen molar-refractivity contribution >= 4 is 22.5 Å². The second kappa shape index (κ2) is 12.3. The van der Waals surface area contributed by atoms with Gasteiger partial charge in [-0.15, -0.1) is 0 Å². The van der Waals surface area contributed by atoms with Crippen LogP contribution < -0.4 is 49.1 Å². The Kier molecular flexibility index (Phi) is 10.8. The van der Waals surface area contributed by atoms with Crippen LogP contribution >= 0.6 is 0 Å². The predicted octanol–water partition coefficient (Wildman–Crippen LogP) is -1.64. The molecule has 11 heteroatoms. The number of hydrogen-bond donors (Lipinski definition) is 3. The van der Waals surface area contributed by atoms with Crippen molar-refractivity contribution in [1.29, 1.82) is 0 Å². The van der Waals surface area contributed by atoms with Crippen molar-refractivity contribution in [2.24, 2.45) is 0 Å². The molecular formula is C19H23N2NaO7S. The number of amides is 1. The van der Waals surface area contributed by atoms with E-state index in [2.05, 4.69) is 14.8 Å². The Labute approximate surface area is 198 Å². The number of carbonyl (C=O) groups is 1. The number of aliphatic hydroxyl groups excluding tert-OH is 1. The SMILES string of the molecule is COc1ccc(C[C@@H](C)NC[C@H](O)c2ccc(OS(=O)(=O)[O-])c(NC=O)c2)cc1.[Na+]. The van der Waals surface area contributed by atoms with Crippen molar-refractivity contribution < 1.29 is 61.3 Å². The van der Waals surface area contributed by atoms with E-state index in [1.165, 1.54) is 18.2 Å². The first-order valence-corrected chi connectivity index (χ1v) is 10.1. The van der Waals surface area contributed by atoms with Gasteiger partial charge < -0.3 is 29.2 Å². The summed E-state index contributed by atoms with van der Waals surface area (Å²) < 4.78 is 41.8. The van der Waals surface area contributed by atoms with E-state index in [1.807, 2.05) is 31.2 Å². The van der Waals surface area contributed by atoms with Gasteiger partial charge in [0.15, 0.2) is 5.75 Å². The van der Waals surface area contributed by atoms with E-state index in [9.17, 15) is 22.9 Å². The van der Waals surface area contributed by atoms with Crippen LogP contribution in [0.15, 0.2) is 42.5 Å². The molecule has 0 aliphatic rings. The third-order valence-corrected chi connectivity index (χ3v) is 4.54. The fraction of sp³-hybridized carbons (Fsp3) is 0.316. The molecule has 158 valence electrons. The summed E-state index contributed by atoms with van der Waals surface area (Å²) in [5, 5.41) is 15.9. The standard InChI is InChI=1S/C19H24N2O7S.Na/c1-13(9-14-3-6-16(27-2)7-4-14)20-11-18(23)15-5-8-19(28-29(24,25)26)17(10-15)21-12-22;/h3-8,10,12-13,18,20,23H,9,11H2,1-2H3,(H,21,22)(H,24,25,26);/q;+1/p-1/t13-,18+;/m1./s1. The average molecular weight is 446 g/mol. The summed E-state index contributed by atoms with van der Waals surface area (Å²) in [6.07, 6.45) is 0.117. The first-order chi connectivity index (χ1) is 13.7. The molecule has 0 aromatic heterocycles. The molecule has 2 aromatic carbocycles. The number of methoxy groups -OCH3 is 1. The number of ether oxygens (including phenoxy) is 1. The van der Waals surface area contributed by atoms with Crippen molar-refractivity contribution in [1.82, 2.24) is 5.32 Å². The van der Waals surface area contributed by atoms with Crippen molar-refractivity contribution in [3.8, 4) is 11.5 Å². The molecule has 0 saturated heterocycles. The Morgan fingerprint density at radius 1 is 1.20 bits per heavy atom. The second-order valence-electron chi connectivity index (χ2n) is 6.39. The minimum absolute atomic E-state index is 0. The summed E-state index contributed by atoms with van der Waals surface area (Å²) in [6, 6.07) is 11.7. The summed E-state index contributed by atoms with van der Waals surface area (Å²) in [4.78, 5) is 10.7. The summed E-state index contributed by atoms with van der Waals surface area (Å²) >= 11 is 0. The summed E-state index contributed by atoms with van der Waals surface area (Å²) in [7, 11) is -3.39. The van der Waals surface area contributed by atoms with E-state index >= 15 is 0 Å². The fourth-order valence-corrected chi connectivity index (χ4v) is 3.10. The number of anilines is 1. The molecule has 9 nitrogen and oxygen atoms in total. The zero-order chi connectivity index (χ0) is 21.4. The van der Waals surface area contributed by atoms with Crippen LogP contribution in [0.4, 0.5) is 5.69 Å². The molecule has 2 atom stereocenters. The molecule has 0 unspecified atom stereocenters. The molecule has 0 fully saturated rings. The average Bonchev–Trinajstić information content (AvgIpc) is 2.67. The van der Waals surface area contributed by atoms with Crippen LogP contribution in [0.5, 0.6) is 11.5 Å². The number of benzene rings is 2. The summed E-state index contributed by atoms with van der Waals surface area (Å²) in [6.45, 7) is 2.20. The van der Waals surface area contributed by atoms with Crippen LogP contribution in [-0.4, -0.2) is 44.2 Å². The van der Waals surface area contributed by atoms with E-state index in [-0.39, 0.29) is 53.6 Å². The fourth-order valence-electron chi connectivity index (χ4n) is 2.73. The number of nitrogens with one attached hydrogen (secondary N) is 2. The van der Waals surface area contributed by atoms with Gasteiger partial charge in [0.2, 0.25) is 6.41 Å². The van der Waals surface area contributed by atoms with Crippen LogP contribution in [0.3, 0.4) is 0 Å². The molecule has 3 N–H and O–H groups in total. The Hall–Kier alpha value is -1.66. The quantitative estimate of drug-likeness (QED) is 0.162. The molecule has 30 heavy (non-hydrogen) atoms. The van der Waals surface area contributed by atoms with Gasteiger partial charge in [0.25, 0.3) is 10.4 Å². The zero-order valence-corrected chi connectivity index (χ0v) is 19.8. The minimum Gasteiger partial charge on any atom is -0.716 e. The van der Waals surface area contributed by atoms with Gasteiger partial charge in [-0.3, -0.25) is 4.79 Å². The Morgan fingerprint density at radius 2 is 1.87 bits per heavy atom. The number of carbonyl (C=O) groups excluding carboxylic acids is 1. The van der Waals surface area contributed by atoms with Gasteiger partial charge in [-0.25, -0.2) is 8.42 Å². The first kappa shape index (κ1) is 26.4. The smallest absolute Gasteiger partial charge is 0.716 e. The minimum atomic E-state index is -5.00. The molecular weight excluding hydrogens is 423 g/mol. The van der Waals surface area contributed by atoms with E-state index in [0.717, 1.165) is 17.7 Å². The van der Waals surface area contributed by atoms with Crippen LogP contribution in [0, 0.1) is 0 Å². The third-order valence-electron chi connectivity index (χ3n) is 4.16. The van der Waals surface area contributed by atoms with Crippen molar-refractivity contribution in [2.45, 2.75) is 25.5 Å². The zero-order valence-electron chi connectivity index (χ0n) is 17.0. The molecule has 0 aliphatic heterocycles. The van der Waals surface area contributed by atoms with Crippen molar-refractivity contribution in [3.05, 3.63) is 53.6 Å². The Balaban J connectivity index is 0.00000450. The molecule has 2 rings (SSSR count). The second-order valence-corrected chi connectivity index (χ2v) is 7.37. The topological polar surface area (TPSA) is 137 Å². The number of hydrogen-bond acceptors (Lipinski definition) is 8. The van der Waals surface area contributed by atoms with Gasteiger partial charge in [-0.1, -0.05) is 18.2 Å². The summed E-state index contributed by atoms with van der Waals surface area (Å²) in [5.41, 5.74) is 1.48. The molecule has 0 saturated carbocycles. The van der Waals surface area contributed by atoms with Crippen LogP contribution in [0.1, 0.15) is 24.2 Å². The van der Waals surface area contributed by atoms with E-state index in [4.69, 9.17) is 4.74 Å². The molecule has 2 aromatic rings. The molecule has 0 aliphatic carbocycles. The number of rotatable bonds is 11.